The second-order valence-electron chi connectivity index (χ2n) is 6.37. The van der Waals surface area contributed by atoms with E-state index in [0.717, 1.165) is 5.69 Å². The molecule has 3 rings (SSSR count). The molecule has 1 unspecified atom stereocenters. The normalized spacial score (nSPS) is 11.5. The predicted molar refractivity (Wildman–Crippen MR) is 107 cm³/mol. The number of carbonyl (C=O) groups excluding carboxylic acids is 3. The summed E-state index contributed by atoms with van der Waals surface area (Å²) >= 11 is 0. The van der Waals surface area contributed by atoms with Gasteiger partial charge in [-0.25, -0.2) is 9.48 Å². The molecule has 8 nitrogen and oxygen atoms in total. The van der Waals surface area contributed by atoms with E-state index < -0.39 is 23.9 Å². The number of hydrogen-bond acceptors (Lipinski definition) is 5. The number of hydrogen-bond donors (Lipinski definition) is 2. The number of anilines is 1. The fourth-order valence-corrected chi connectivity index (χ4v) is 2.68. The summed E-state index contributed by atoms with van der Waals surface area (Å²) in [5, 5.41) is 6.85. The topological polar surface area (TPSA) is 116 Å². The smallest absolute Gasteiger partial charge is 0.342 e. The van der Waals surface area contributed by atoms with E-state index in [4.69, 9.17) is 10.5 Å². The zero-order chi connectivity index (χ0) is 21.0. The van der Waals surface area contributed by atoms with Crippen molar-refractivity contribution in [2.45, 2.75) is 20.0 Å². The number of nitrogens with one attached hydrogen (secondary N) is 1. The summed E-state index contributed by atoms with van der Waals surface area (Å²) < 4.78 is 6.91. The van der Waals surface area contributed by atoms with Crippen molar-refractivity contribution < 1.29 is 19.1 Å². The highest BCUT2D eigenvalue weighted by molar-refractivity contribution is 5.98. The third kappa shape index (κ3) is 4.49. The van der Waals surface area contributed by atoms with Crippen LogP contribution in [0.4, 0.5) is 5.69 Å². The Bertz CT molecular complexity index is 1040. The minimum atomic E-state index is -1.03. The first-order valence-corrected chi connectivity index (χ1v) is 8.88. The van der Waals surface area contributed by atoms with E-state index in [2.05, 4.69) is 10.4 Å². The quantitative estimate of drug-likeness (QED) is 0.625. The molecule has 2 amide bonds. The average molecular weight is 392 g/mol. The Balaban J connectivity index is 1.65. The fourth-order valence-electron chi connectivity index (χ4n) is 2.68. The third-order valence-electron chi connectivity index (χ3n) is 4.32. The van der Waals surface area contributed by atoms with Crippen LogP contribution in [-0.2, 0) is 9.53 Å². The third-order valence-corrected chi connectivity index (χ3v) is 4.32. The van der Waals surface area contributed by atoms with E-state index >= 15 is 0 Å². The Labute approximate surface area is 167 Å². The molecule has 0 spiro atoms. The maximum atomic E-state index is 12.5. The highest BCUT2D eigenvalue weighted by Gasteiger charge is 2.22. The summed E-state index contributed by atoms with van der Waals surface area (Å²) in [7, 11) is 0. The number of primary amides is 1. The van der Waals surface area contributed by atoms with Gasteiger partial charge < -0.3 is 15.8 Å². The molecule has 0 saturated heterocycles. The van der Waals surface area contributed by atoms with Crippen molar-refractivity contribution in [2.75, 3.05) is 5.32 Å². The van der Waals surface area contributed by atoms with Crippen molar-refractivity contribution in [3.05, 3.63) is 77.6 Å². The number of nitrogens with two attached hydrogens (primary N) is 1. The van der Waals surface area contributed by atoms with Gasteiger partial charge in [-0.1, -0.05) is 18.2 Å². The van der Waals surface area contributed by atoms with Crippen LogP contribution in [0.25, 0.3) is 5.69 Å². The van der Waals surface area contributed by atoms with Crippen molar-refractivity contribution in [2.24, 2.45) is 5.73 Å². The monoisotopic (exact) mass is 392 g/mol. The molecule has 0 fully saturated rings. The molecular weight excluding hydrogens is 372 g/mol. The number of carbonyl (C=O) groups is 3. The lowest BCUT2D eigenvalue weighted by Gasteiger charge is -2.13. The maximum absolute atomic E-state index is 12.5. The summed E-state index contributed by atoms with van der Waals surface area (Å²) in [5.74, 6) is -1.70. The molecule has 2 aromatic carbocycles. The van der Waals surface area contributed by atoms with Gasteiger partial charge in [0, 0.05) is 11.3 Å². The van der Waals surface area contributed by atoms with Crippen LogP contribution in [0.3, 0.4) is 0 Å². The Morgan fingerprint density at radius 1 is 1.07 bits per heavy atom. The molecule has 0 aliphatic rings. The van der Waals surface area contributed by atoms with Gasteiger partial charge in [0.25, 0.3) is 5.91 Å². The number of esters is 1. The molecule has 29 heavy (non-hydrogen) atoms. The van der Waals surface area contributed by atoms with E-state index in [9.17, 15) is 14.4 Å². The summed E-state index contributed by atoms with van der Waals surface area (Å²) in [6.45, 7) is 3.23. The van der Waals surface area contributed by atoms with Crippen LogP contribution in [0.15, 0.2) is 60.8 Å². The Kier molecular flexibility index (Phi) is 5.73. The van der Waals surface area contributed by atoms with E-state index in [1.54, 1.807) is 23.7 Å². The molecule has 1 aromatic heterocycles. The fraction of sp³-hybridized carbons (Fsp3) is 0.143. The van der Waals surface area contributed by atoms with Crippen LogP contribution in [0.1, 0.15) is 33.3 Å². The zero-order valence-electron chi connectivity index (χ0n) is 16.0. The molecule has 0 aliphatic carbocycles. The summed E-state index contributed by atoms with van der Waals surface area (Å²) in [4.78, 5) is 35.9. The minimum Gasteiger partial charge on any atom is -0.449 e. The van der Waals surface area contributed by atoms with Crippen LogP contribution in [0.5, 0.6) is 0 Å². The van der Waals surface area contributed by atoms with Gasteiger partial charge in [0.1, 0.15) is 5.56 Å². The number of ether oxygens (including phenoxy) is 1. The van der Waals surface area contributed by atoms with E-state index in [-0.39, 0.29) is 5.56 Å². The van der Waals surface area contributed by atoms with Crippen molar-refractivity contribution in [3.63, 3.8) is 0 Å². The number of para-hydroxylation sites is 1. The van der Waals surface area contributed by atoms with Crippen LogP contribution < -0.4 is 11.1 Å². The lowest BCUT2D eigenvalue weighted by molar-refractivity contribution is -0.123. The van der Waals surface area contributed by atoms with E-state index in [0.29, 0.717) is 16.9 Å². The molecule has 0 saturated carbocycles. The van der Waals surface area contributed by atoms with Crippen molar-refractivity contribution in [3.8, 4) is 5.69 Å². The van der Waals surface area contributed by atoms with Gasteiger partial charge in [-0.15, -0.1) is 0 Å². The molecule has 0 bridgehead atoms. The predicted octanol–water partition coefficient (Wildman–Crippen LogP) is 2.46. The standard InChI is InChI=1S/C21H20N4O4/c1-13-18(12-23-25(13)17-6-4-3-5-7-17)21(28)29-14(2)20(27)24-16-10-8-15(9-11-16)19(22)26/h3-12,14H,1-2H3,(H2,22,26)(H,24,27). The molecule has 3 aromatic rings. The number of benzene rings is 2. The summed E-state index contributed by atoms with van der Waals surface area (Å²) in [6, 6.07) is 15.4. The van der Waals surface area contributed by atoms with Crippen LogP contribution in [-0.4, -0.2) is 33.7 Å². The van der Waals surface area contributed by atoms with Gasteiger partial charge in [0.15, 0.2) is 6.10 Å². The molecule has 0 aliphatic heterocycles. The van der Waals surface area contributed by atoms with Crippen molar-refractivity contribution in [1.29, 1.82) is 0 Å². The first-order chi connectivity index (χ1) is 13.9. The van der Waals surface area contributed by atoms with Crippen molar-refractivity contribution in [1.82, 2.24) is 9.78 Å². The van der Waals surface area contributed by atoms with Crippen LogP contribution in [0, 0.1) is 6.92 Å². The number of rotatable bonds is 6. The second kappa shape index (κ2) is 8.39. The van der Waals surface area contributed by atoms with E-state index in [1.807, 2.05) is 30.3 Å². The van der Waals surface area contributed by atoms with Crippen LogP contribution >= 0.6 is 0 Å². The largest absolute Gasteiger partial charge is 0.449 e. The number of aromatic nitrogens is 2. The summed E-state index contributed by atoms with van der Waals surface area (Å²) in [6.07, 6.45) is 0.385. The van der Waals surface area contributed by atoms with Gasteiger partial charge in [-0.2, -0.15) is 5.10 Å². The molecule has 8 heteroatoms. The van der Waals surface area contributed by atoms with Crippen molar-refractivity contribution >= 4 is 23.5 Å². The van der Waals surface area contributed by atoms with Gasteiger partial charge in [-0.05, 0) is 50.2 Å². The summed E-state index contributed by atoms with van der Waals surface area (Å²) in [5.41, 5.74) is 7.66. The van der Waals surface area contributed by atoms with Crippen LogP contribution in [0.2, 0.25) is 0 Å². The highest BCUT2D eigenvalue weighted by Crippen LogP contribution is 2.16. The SMILES string of the molecule is Cc1c(C(=O)OC(C)C(=O)Nc2ccc(C(N)=O)cc2)cnn1-c1ccccc1. The Morgan fingerprint density at radius 3 is 2.34 bits per heavy atom. The molecule has 1 atom stereocenters. The second-order valence-corrected chi connectivity index (χ2v) is 6.37. The first kappa shape index (κ1) is 19.8. The maximum Gasteiger partial charge on any atom is 0.342 e. The molecule has 0 radical (unpaired) electrons. The average Bonchev–Trinajstić information content (AvgIpc) is 3.10. The van der Waals surface area contributed by atoms with E-state index in [1.165, 1.54) is 25.3 Å². The zero-order valence-corrected chi connectivity index (χ0v) is 16.0. The lowest BCUT2D eigenvalue weighted by Crippen LogP contribution is -2.30. The molecule has 148 valence electrons. The lowest BCUT2D eigenvalue weighted by atomic mass is 10.2. The number of nitrogens with zero attached hydrogens (tertiary/aromatic N) is 2. The molecule has 1 heterocycles. The minimum absolute atomic E-state index is 0.277. The Morgan fingerprint density at radius 2 is 1.72 bits per heavy atom. The first-order valence-electron chi connectivity index (χ1n) is 8.88. The van der Waals surface area contributed by atoms with Gasteiger partial charge in [0.2, 0.25) is 5.91 Å². The van der Waals surface area contributed by atoms with Gasteiger partial charge >= 0.3 is 5.97 Å². The van der Waals surface area contributed by atoms with Gasteiger partial charge in [0.05, 0.1) is 17.6 Å². The Hall–Kier alpha value is -3.94. The van der Waals surface area contributed by atoms with Gasteiger partial charge in [-0.3, -0.25) is 9.59 Å². The molecule has 3 N–H and O–H groups in total. The molecular formula is C21H20N4O4. The number of amides is 2. The highest BCUT2D eigenvalue weighted by atomic mass is 16.5.